The zero-order chi connectivity index (χ0) is 8.55. The Bertz CT molecular complexity index is 295. The van der Waals surface area contributed by atoms with Gasteiger partial charge in [0.1, 0.15) is 11.6 Å². The van der Waals surface area contributed by atoms with Gasteiger partial charge in [0.25, 0.3) is 0 Å². The zero-order valence-corrected chi connectivity index (χ0v) is 6.48. The molecule has 0 aliphatic carbocycles. The van der Waals surface area contributed by atoms with E-state index < -0.39 is 0 Å². The Labute approximate surface area is 69.4 Å². The van der Waals surface area contributed by atoms with E-state index >= 15 is 0 Å². The van der Waals surface area contributed by atoms with Crippen LogP contribution in [0.25, 0.3) is 0 Å². The van der Waals surface area contributed by atoms with Gasteiger partial charge in [0.2, 0.25) is 0 Å². The summed E-state index contributed by atoms with van der Waals surface area (Å²) >= 11 is 0. The first-order valence-electron chi connectivity index (χ1n) is 3.96. The predicted octanol–water partition coefficient (Wildman–Crippen LogP) is 2.00. The van der Waals surface area contributed by atoms with E-state index in [4.69, 9.17) is 0 Å². The van der Waals surface area contributed by atoms with E-state index in [-0.39, 0.29) is 17.7 Å². The summed E-state index contributed by atoms with van der Waals surface area (Å²) in [5.41, 5.74) is 0.446. The van der Waals surface area contributed by atoms with Gasteiger partial charge in [0.15, 0.2) is 0 Å². The van der Waals surface area contributed by atoms with Crippen LogP contribution in [0.2, 0.25) is 0 Å². The van der Waals surface area contributed by atoms with Crippen molar-refractivity contribution in [2.45, 2.75) is 12.5 Å². The van der Waals surface area contributed by atoms with Crippen molar-refractivity contribution in [2.75, 3.05) is 6.54 Å². The lowest BCUT2D eigenvalue weighted by molar-refractivity contribution is 0.368. The lowest BCUT2D eigenvalue weighted by Gasteiger charge is -2.28. The first kappa shape index (κ1) is 7.68. The number of nitrogens with one attached hydrogen (secondary N) is 1. The molecule has 1 atom stereocenters. The molecular weight excluding hydrogens is 160 g/mol. The van der Waals surface area contributed by atoms with E-state index in [1.807, 2.05) is 0 Å². The van der Waals surface area contributed by atoms with Crippen LogP contribution >= 0.6 is 0 Å². The van der Waals surface area contributed by atoms with E-state index in [1.165, 1.54) is 12.1 Å². The van der Waals surface area contributed by atoms with Crippen LogP contribution in [-0.4, -0.2) is 6.54 Å². The average Bonchev–Trinajstić information content (AvgIpc) is 1.93. The summed E-state index contributed by atoms with van der Waals surface area (Å²) in [6.07, 6.45) is 0.889. The summed E-state index contributed by atoms with van der Waals surface area (Å²) in [6, 6.07) is 3.58. The molecule has 1 heterocycles. The quantitative estimate of drug-likeness (QED) is 0.678. The van der Waals surface area contributed by atoms with Crippen LogP contribution in [-0.2, 0) is 0 Å². The molecule has 0 spiro atoms. The monoisotopic (exact) mass is 169 g/mol. The maximum absolute atomic E-state index is 13.0. The van der Waals surface area contributed by atoms with Gasteiger partial charge in [0, 0.05) is 11.6 Å². The first-order valence-corrected chi connectivity index (χ1v) is 3.96. The Morgan fingerprint density at radius 1 is 1.33 bits per heavy atom. The molecular formula is C9H9F2N. The van der Waals surface area contributed by atoms with E-state index in [1.54, 1.807) is 0 Å². The van der Waals surface area contributed by atoms with Crippen molar-refractivity contribution in [3.63, 3.8) is 0 Å². The van der Waals surface area contributed by atoms with Crippen LogP contribution < -0.4 is 5.32 Å². The molecule has 1 aromatic rings. The van der Waals surface area contributed by atoms with Crippen LogP contribution in [0.5, 0.6) is 0 Å². The van der Waals surface area contributed by atoms with Crippen molar-refractivity contribution in [2.24, 2.45) is 0 Å². The van der Waals surface area contributed by atoms with Crippen molar-refractivity contribution in [1.29, 1.82) is 0 Å². The number of hydrogen-bond acceptors (Lipinski definition) is 1. The smallest absolute Gasteiger partial charge is 0.128 e. The minimum absolute atomic E-state index is 0.0145. The predicted molar refractivity (Wildman–Crippen MR) is 41.7 cm³/mol. The number of hydrogen-bond donors (Lipinski definition) is 1. The summed E-state index contributed by atoms with van der Waals surface area (Å²) in [5, 5.41) is 3.02. The minimum atomic E-state index is -0.375. The molecule has 0 saturated carbocycles. The Morgan fingerprint density at radius 2 is 2.08 bits per heavy atom. The van der Waals surface area contributed by atoms with Crippen molar-refractivity contribution in [3.8, 4) is 0 Å². The molecule has 1 nitrogen and oxygen atoms in total. The topological polar surface area (TPSA) is 12.0 Å². The Morgan fingerprint density at radius 3 is 2.67 bits per heavy atom. The van der Waals surface area contributed by atoms with Crippen LogP contribution in [0.15, 0.2) is 18.2 Å². The highest BCUT2D eigenvalue weighted by molar-refractivity contribution is 5.23. The van der Waals surface area contributed by atoms with Gasteiger partial charge < -0.3 is 5.32 Å². The number of rotatable bonds is 1. The molecule has 3 heteroatoms. The van der Waals surface area contributed by atoms with Gasteiger partial charge in [-0.05, 0) is 31.2 Å². The van der Waals surface area contributed by atoms with Gasteiger partial charge >= 0.3 is 0 Å². The SMILES string of the molecule is Fc1ccc(F)c(C2CCN2)c1. The molecule has 1 fully saturated rings. The molecule has 1 unspecified atom stereocenters. The van der Waals surface area contributed by atoms with Gasteiger partial charge in [-0.15, -0.1) is 0 Å². The Hall–Kier alpha value is -0.960. The minimum Gasteiger partial charge on any atom is -0.310 e. The van der Waals surface area contributed by atoms with Crippen LogP contribution in [0.3, 0.4) is 0 Å². The first-order chi connectivity index (χ1) is 5.77. The van der Waals surface area contributed by atoms with E-state index in [0.29, 0.717) is 5.56 Å². The summed E-state index contributed by atoms with van der Waals surface area (Å²) < 4.78 is 25.7. The number of halogens is 2. The van der Waals surface area contributed by atoms with Crippen molar-refractivity contribution >= 4 is 0 Å². The van der Waals surface area contributed by atoms with Crippen LogP contribution in [0.1, 0.15) is 18.0 Å². The van der Waals surface area contributed by atoms with Gasteiger partial charge in [-0.1, -0.05) is 0 Å². The summed E-state index contributed by atoms with van der Waals surface area (Å²) in [4.78, 5) is 0. The average molecular weight is 169 g/mol. The fourth-order valence-corrected chi connectivity index (χ4v) is 1.34. The van der Waals surface area contributed by atoms with Crippen LogP contribution in [0.4, 0.5) is 8.78 Å². The fraction of sp³-hybridized carbons (Fsp3) is 0.333. The molecule has 1 aromatic carbocycles. The Kier molecular flexibility index (Phi) is 1.81. The lowest BCUT2D eigenvalue weighted by Crippen LogP contribution is -2.35. The number of benzene rings is 1. The molecule has 2 rings (SSSR count). The van der Waals surface area contributed by atoms with E-state index in [0.717, 1.165) is 19.0 Å². The van der Waals surface area contributed by atoms with E-state index in [9.17, 15) is 8.78 Å². The third kappa shape index (κ3) is 1.20. The second-order valence-corrected chi connectivity index (χ2v) is 2.96. The third-order valence-electron chi connectivity index (χ3n) is 2.16. The molecule has 0 radical (unpaired) electrons. The standard InChI is InChI=1S/C9H9F2N/c10-6-1-2-8(11)7(5-6)9-3-4-12-9/h1-2,5,9,12H,3-4H2. The molecule has 1 N–H and O–H groups in total. The maximum Gasteiger partial charge on any atom is 0.128 e. The highest BCUT2D eigenvalue weighted by atomic mass is 19.1. The summed E-state index contributed by atoms with van der Waals surface area (Å²) in [5.74, 6) is -0.700. The molecule has 64 valence electrons. The van der Waals surface area contributed by atoms with Crippen molar-refractivity contribution in [1.82, 2.24) is 5.32 Å². The van der Waals surface area contributed by atoms with Crippen molar-refractivity contribution in [3.05, 3.63) is 35.4 Å². The molecule has 1 saturated heterocycles. The Balaban J connectivity index is 2.34. The highest BCUT2D eigenvalue weighted by Crippen LogP contribution is 2.25. The zero-order valence-electron chi connectivity index (χ0n) is 6.48. The second kappa shape index (κ2) is 2.83. The fourth-order valence-electron chi connectivity index (χ4n) is 1.34. The second-order valence-electron chi connectivity index (χ2n) is 2.96. The van der Waals surface area contributed by atoms with E-state index in [2.05, 4.69) is 5.32 Å². The summed E-state index contributed by atoms with van der Waals surface area (Å²) in [7, 11) is 0. The lowest BCUT2D eigenvalue weighted by atomic mass is 9.97. The highest BCUT2D eigenvalue weighted by Gasteiger charge is 2.21. The molecule has 0 amide bonds. The third-order valence-corrected chi connectivity index (χ3v) is 2.16. The van der Waals surface area contributed by atoms with Gasteiger partial charge in [-0.25, -0.2) is 8.78 Å². The van der Waals surface area contributed by atoms with Crippen LogP contribution in [0, 0.1) is 11.6 Å². The molecule has 0 aromatic heterocycles. The molecule has 12 heavy (non-hydrogen) atoms. The normalized spacial score (nSPS) is 22.0. The molecule has 1 aliphatic rings. The molecule has 1 aliphatic heterocycles. The molecule has 0 bridgehead atoms. The summed E-state index contributed by atoms with van der Waals surface area (Å²) in [6.45, 7) is 0.890. The van der Waals surface area contributed by atoms with Crippen molar-refractivity contribution < 1.29 is 8.78 Å². The largest absolute Gasteiger partial charge is 0.310 e. The maximum atomic E-state index is 13.0. The van der Waals surface area contributed by atoms with Gasteiger partial charge in [0.05, 0.1) is 0 Å². The van der Waals surface area contributed by atoms with Gasteiger partial charge in [-0.3, -0.25) is 0 Å². The van der Waals surface area contributed by atoms with Gasteiger partial charge in [-0.2, -0.15) is 0 Å².